The Kier molecular flexibility index (Phi) is 8.76. The van der Waals surface area contributed by atoms with Crippen molar-refractivity contribution in [3.05, 3.63) is 22.2 Å². The number of methoxy groups -OCH3 is 2. The van der Waals surface area contributed by atoms with E-state index in [0.29, 0.717) is 22.5 Å². The van der Waals surface area contributed by atoms with E-state index in [0.717, 1.165) is 12.8 Å². The van der Waals surface area contributed by atoms with Crippen LogP contribution in [0.3, 0.4) is 0 Å². The van der Waals surface area contributed by atoms with E-state index in [4.69, 9.17) is 14.2 Å². The fourth-order valence-corrected chi connectivity index (χ4v) is 2.34. The first-order chi connectivity index (χ1) is 11.9. The van der Waals surface area contributed by atoms with Gasteiger partial charge in [0, 0.05) is 6.54 Å². The van der Waals surface area contributed by atoms with Crippen molar-refractivity contribution in [3.8, 4) is 11.5 Å². The third-order valence-corrected chi connectivity index (χ3v) is 3.87. The Balaban J connectivity index is 2.59. The van der Waals surface area contributed by atoms with Gasteiger partial charge in [-0.25, -0.2) is 9.59 Å². The number of unbranched alkanes of at least 4 members (excludes halogenated alkanes) is 1. The van der Waals surface area contributed by atoms with Crippen LogP contribution in [0.25, 0.3) is 0 Å². The summed E-state index contributed by atoms with van der Waals surface area (Å²) in [6.45, 7) is 1.87. The molecule has 0 fully saturated rings. The van der Waals surface area contributed by atoms with Crippen molar-refractivity contribution in [2.75, 3.05) is 27.4 Å². The van der Waals surface area contributed by atoms with Gasteiger partial charge in [-0.05, 0) is 34.5 Å². The molecule has 0 aromatic heterocycles. The first kappa shape index (κ1) is 20.8. The number of amides is 3. The molecule has 0 saturated heterocycles. The number of nitrogens with one attached hydrogen (secondary N) is 2. The van der Waals surface area contributed by atoms with E-state index in [9.17, 15) is 14.4 Å². The van der Waals surface area contributed by atoms with Gasteiger partial charge in [-0.3, -0.25) is 10.1 Å². The highest BCUT2D eigenvalue weighted by atomic mass is 79.9. The molecule has 3 amide bonds. The predicted molar refractivity (Wildman–Crippen MR) is 94.0 cm³/mol. The Bertz CT molecular complexity index is 610. The van der Waals surface area contributed by atoms with Crippen molar-refractivity contribution in [2.24, 2.45) is 0 Å². The Morgan fingerprint density at radius 3 is 2.24 bits per heavy atom. The van der Waals surface area contributed by atoms with Gasteiger partial charge in [0.25, 0.3) is 5.91 Å². The minimum absolute atomic E-state index is 0.150. The molecule has 0 heterocycles. The van der Waals surface area contributed by atoms with Crippen molar-refractivity contribution >= 4 is 33.8 Å². The van der Waals surface area contributed by atoms with E-state index in [1.165, 1.54) is 26.4 Å². The molecule has 0 aliphatic heterocycles. The van der Waals surface area contributed by atoms with Crippen LogP contribution in [0.2, 0.25) is 0 Å². The average molecular weight is 417 g/mol. The Labute approximate surface area is 154 Å². The molecule has 1 rings (SSSR count). The molecule has 0 unspecified atom stereocenters. The highest BCUT2D eigenvalue weighted by Gasteiger charge is 2.17. The lowest BCUT2D eigenvalue weighted by Crippen LogP contribution is -2.41. The molecular weight excluding hydrogens is 396 g/mol. The Morgan fingerprint density at radius 1 is 1.12 bits per heavy atom. The third kappa shape index (κ3) is 6.61. The van der Waals surface area contributed by atoms with Crippen LogP contribution in [0.5, 0.6) is 11.5 Å². The number of halogens is 1. The molecule has 0 radical (unpaired) electrons. The van der Waals surface area contributed by atoms with Crippen molar-refractivity contribution in [1.82, 2.24) is 10.6 Å². The van der Waals surface area contributed by atoms with Gasteiger partial charge < -0.3 is 19.5 Å². The van der Waals surface area contributed by atoms with Gasteiger partial charge in [0.1, 0.15) is 16.0 Å². The number of hydrogen-bond acceptors (Lipinski definition) is 6. The molecule has 9 heteroatoms. The normalized spacial score (nSPS) is 9.92. The van der Waals surface area contributed by atoms with E-state index < -0.39 is 24.5 Å². The van der Waals surface area contributed by atoms with Gasteiger partial charge in [-0.2, -0.15) is 0 Å². The summed E-state index contributed by atoms with van der Waals surface area (Å²) >= 11 is 3.29. The van der Waals surface area contributed by atoms with Crippen LogP contribution < -0.4 is 20.1 Å². The first-order valence-electron chi connectivity index (χ1n) is 7.59. The number of imide groups is 1. The maximum absolute atomic E-state index is 12.1. The summed E-state index contributed by atoms with van der Waals surface area (Å²) < 4.78 is 15.7. The molecule has 138 valence electrons. The summed E-state index contributed by atoms with van der Waals surface area (Å²) in [4.78, 5) is 35.1. The molecular formula is C16H21BrN2O6. The summed E-state index contributed by atoms with van der Waals surface area (Å²) in [6.07, 6.45) is 1.73. The van der Waals surface area contributed by atoms with Crippen LogP contribution in [0, 0.1) is 0 Å². The van der Waals surface area contributed by atoms with Gasteiger partial charge in [0.05, 0.1) is 19.8 Å². The van der Waals surface area contributed by atoms with Crippen molar-refractivity contribution in [3.63, 3.8) is 0 Å². The fourth-order valence-electron chi connectivity index (χ4n) is 1.79. The topological polar surface area (TPSA) is 103 Å². The number of benzene rings is 1. The molecule has 0 atom stereocenters. The van der Waals surface area contributed by atoms with Gasteiger partial charge in [0.15, 0.2) is 6.61 Å². The van der Waals surface area contributed by atoms with Crippen LogP contribution in [0.15, 0.2) is 16.6 Å². The smallest absolute Gasteiger partial charge is 0.338 e. The summed E-state index contributed by atoms with van der Waals surface area (Å²) in [5.41, 5.74) is 0.150. The van der Waals surface area contributed by atoms with E-state index in [1.54, 1.807) is 0 Å². The van der Waals surface area contributed by atoms with Crippen LogP contribution >= 0.6 is 15.9 Å². The van der Waals surface area contributed by atoms with E-state index in [1.807, 2.05) is 6.92 Å². The van der Waals surface area contributed by atoms with Crippen LogP contribution in [0.4, 0.5) is 4.79 Å². The zero-order valence-corrected chi connectivity index (χ0v) is 15.9. The molecule has 0 aliphatic carbocycles. The second-order valence-electron chi connectivity index (χ2n) is 4.93. The van der Waals surface area contributed by atoms with Crippen LogP contribution in [-0.4, -0.2) is 45.3 Å². The molecule has 0 spiro atoms. The first-order valence-corrected chi connectivity index (χ1v) is 8.38. The van der Waals surface area contributed by atoms with E-state index >= 15 is 0 Å². The van der Waals surface area contributed by atoms with Crippen LogP contribution in [0.1, 0.15) is 30.1 Å². The maximum Gasteiger partial charge on any atom is 0.338 e. The van der Waals surface area contributed by atoms with Crippen LogP contribution in [-0.2, 0) is 9.53 Å². The molecule has 2 N–H and O–H groups in total. The monoisotopic (exact) mass is 416 g/mol. The fraction of sp³-hybridized carbons (Fsp3) is 0.438. The zero-order valence-electron chi connectivity index (χ0n) is 14.3. The second kappa shape index (κ2) is 10.5. The summed E-state index contributed by atoms with van der Waals surface area (Å²) in [5, 5.41) is 4.60. The maximum atomic E-state index is 12.1. The number of carbonyl (C=O) groups is 3. The zero-order chi connectivity index (χ0) is 18.8. The van der Waals surface area contributed by atoms with E-state index in [2.05, 4.69) is 26.6 Å². The average Bonchev–Trinajstić information content (AvgIpc) is 2.60. The lowest BCUT2D eigenvalue weighted by molar-refractivity contribution is -0.123. The molecule has 1 aromatic carbocycles. The second-order valence-corrected chi connectivity index (χ2v) is 5.72. The van der Waals surface area contributed by atoms with Gasteiger partial charge in [-0.1, -0.05) is 13.3 Å². The molecule has 25 heavy (non-hydrogen) atoms. The van der Waals surface area contributed by atoms with E-state index in [-0.39, 0.29) is 5.56 Å². The molecule has 0 bridgehead atoms. The molecule has 0 saturated carbocycles. The molecule has 8 nitrogen and oxygen atoms in total. The lowest BCUT2D eigenvalue weighted by atomic mass is 10.2. The Morgan fingerprint density at radius 2 is 1.72 bits per heavy atom. The summed E-state index contributed by atoms with van der Waals surface area (Å²) in [6, 6.07) is 2.27. The van der Waals surface area contributed by atoms with Crippen molar-refractivity contribution in [2.45, 2.75) is 19.8 Å². The summed E-state index contributed by atoms with van der Waals surface area (Å²) in [5.74, 6) is -0.707. The minimum atomic E-state index is -0.745. The highest BCUT2D eigenvalue weighted by molar-refractivity contribution is 9.10. The third-order valence-electron chi connectivity index (χ3n) is 3.08. The summed E-state index contributed by atoms with van der Waals surface area (Å²) in [7, 11) is 2.89. The number of ether oxygens (including phenoxy) is 3. The SMILES string of the molecule is CCCCNC(=O)NC(=O)COC(=O)c1cc(OC)c(Br)c(OC)c1. The molecule has 0 aliphatic rings. The number of esters is 1. The van der Waals surface area contributed by atoms with Gasteiger partial charge in [0.2, 0.25) is 0 Å². The highest BCUT2D eigenvalue weighted by Crippen LogP contribution is 2.35. The lowest BCUT2D eigenvalue weighted by Gasteiger charge is -2.11. The molecule has 1 aromatic rings. The predicted octanol–water partition coefficient (Wildman–Crippen LogP) is 2.25. The van der Waals surface area contributed by atoms with Gasteiger partial charge >= 0.3 is 12.0 Å². The minimum Gasteiger partial charge on any atom is -0.495 e. The number of rotatable bonds is 8. The van der Waals surface area contributed by atoms with Crippen molar-refractivity contribution < 1.29 is 28.6 Å². The quantitative estimate of drug-likeness (QED) is 0.497. The largest absolute Gasteiger partial charge is 0.495 e. The number of urea groups is 1. The standard InChI is InChI=1S/C16H21BrN2O6/c1-4-5-6-18-16(22)19-13(20)9-25-15(21)10-7-11(23-2)14(17)12(8-10)24-3/h7-8H,4-6,9H2,1-3H3,(H2,18,19,20,22). The number of hydrogen-bond donors (Lipinski definition) is 2. The van der Waals surface area contributed by atoms with Crippen molar-refractivity contribution in [1.29, 1.82) is 0 Å². The van der Waals surface area contributed by atoms with Gasteiger partial charge in [-0.15, -0.1) is 0 Å². The number of carbonyl (C=O) groups excluding carboxylic acids is 3. The Hall–Kier alpha value is -2.29.